The Kier molecular flexibility index (Phi) is 4.81. The summed E-state index contributed by atoms with van der Waals surface area (Å²) in [6.45, 7) is 0.300. The summed E-state index contributed by atoms with van der Waals surface area (Å²) in [7, 11) is 0. The maximum absolute atomic E-state index is 15.3. The normalized spacial score (nSPS) is 31.6. The van der Waals surface area contributed by atoms with Crippen molar-refractivity contribution in [1.82, 2.24) is 0 Å². The van der Waals surface area contributed by atoms with Crippen LogP contribution in [0.5, 0.6) is 5.75 Å². The number of ether oxygens (including phenoxy) is 2. The summed E-state index contributed by atoms with van der Waals surface area (Å²) in [5.74, 6) is 2.72. The van der Waals surface area contributed by atoms with Crippen LogP contribution in [0.2, 0.25) is 0 Å². The molecule has 2 bridgehead atoms. The third-order valence-electron chi connectivity index (χ3n) is 7.66. The van der Waals surface area contributed by atoms with Crippen molar-refractivity contribution in [1.29, 1.82) is 0 Å². The highest BCUT2D eigenvalue weighted by atomic mass is 32.2. The maximum Gasteiger partial charge on any atom is 0.415 e. The van der Waals surface area contributed by atoms with E-state index < -0.39 is 12.2 Å². The molecule has 166 valence electrons. The van der Waals surface area contributed by atoms with E-state index >= 15 is 4.39 Å². The quantitative estimate of drug-likeness (QED) is 0.677. The van der Waals surface area contributed by atoms with Crippen molar-refractivity contribution in [2.24, 2.45) is 5.92 Å². The Hall–Kier alpha value is -1.96. The average molecular weight is 447 g/mol. The number of hydrogen-bond donors (Lipinski definition) is 0. The van der Waals surface area contributed by atoms with E-state index in [1.807, 2.05) is 11.8 Å². The van der Waals surface area contributed by atoms with Crippen molar-refractivity contribution in [2.75, 3.05) is 27.9 Å². The predicted molar refractivity (Wildman–Crippen MR) is 117 cm³/mol. The van der Waals surface area contributed by atoms with E-state index in [0.717, 1.165) is 43.6 Å². The van der Waals surface area contributed by atoms with Crippen LogP contribution in [0, 0.1) is 11.7 Å². The smallest absolute Gasteiger partial charge is 0.415 e. The molecule has 0 radical (unpaired) electrons. The first-order valence-corrected chi connectivity index (χ1v) is 12.6. The Morgan fingerprint density at radius 1 is 1.13 bits per heavy atom. The number of thioether (sulfide) groups is 1. The molecule has 1 aromatic rings. The molecule has 4 fully saturated rings. The Bertz CT molecular complexity index is 907. The van der Waals surface area contributed by atoms with Gasteiger partial charge >= 0.3 is 6.09 Å². The largest absolute Gasteiger partial charge is 0.489 e. The van der Waals surface area contributed by atoms with Gasteiger partial charge in [-0.05, 0) is 32.1 Å². The van der Waals surface area contributed by atoms with E-state index in [0.29, 0.717) is 48.7 Å². The van der Waals surface area contributed by atoms with Crippen LogP contribution < -0.4 is 14.5 Å². The summed E-state index contributed by atoms with van der Waals surface area (Å²) < 4.78 is 26.9. The number of anilines is 2. The van der Waals surface area contributed by atoms with Gasteiger partial charge in [0.05, 0.1) is 11.4 Å². The van der Waals surface area contributed by atoms with Gasteiger partial charge in [0.1, 0.15) is 36.1 Å². The van der Waals surface area contributed by atoms with E-state index in [4.69, 9.17) is 9.47 Å². The van der Waals surface area contributed by atoms with Gasteiger partial charge in [0.25, 0.3) is 0 Å². The number of ketones is 1. The second kappa shape index (κ2) is 7.57. The third kappa shape index (κ3) is 3.20. The van der Waals surface area contributed by atoms with Gasteiger partial charge in [0.15, 0.2) is 0 Å². The second-order valence-electron chi connectivity index (χ2n) is 9.40. The Labute approximate surface area is 185 Å². The lowest BCUT2D eigenvalue weighted by molar-refractivity contribution is -0.125. The SMILES string of the molecule is O=C(CC[C@@H]1OC(=O)N2c3cc(F)c(N4C5CCC4CSC5)cc3OC[C@@H]12)C1CCC1. The summed E-state index contributed by atoms with van der Waals surface area (Å²) in [5.41, 5.74) is 1.02. The zero-order chi connectivity index (χ0) is 21.1. The van der Waals surface area contributed by atoms with Crippen molar-refractivity contribution >= 4 is 35.0 Å². The van der Waals surface area contributed by atoms with Crippen molar-refractivity contribution in [3.63, 3.8) is 0 Å². The highest BCUT2D eigenvalue weighted by Crippen LogP contribution is 2.46. The number of fused-ring (bicyclic) bond motifs is 5. The molecule has 0 N–H and O–H groups in total. The van der Waals surface area contributed by atoms with Gasteiger partial charge in [-0.15, -0.1) is 0 Å². The molecular formula is C23H27FN2O4S. The summed E-state index contributed by atoms with van der Waals surface area (Å²) in [5, 5.41) is 0. The van der Waals surface area contributed by atoms with Crippen LogP contribution >= 0.6 is 11.8 Å². The lowest BCUT2D eigenvalue weighted by Gasteiger charge is -2.38. The summed E-state index contributed by atoms with van der Waals surface area (Å²) in [6, 6.07) is 3.61. The summed E-state index contributed by atoms with van der Waals surface area (Å²) >= 11 is 1.94. The number of benzene rings is 1. The molecule has 0 spiro atoms. The number of halogens is 1. The first-order chi connectivity index (χ1) is 15.1. The summed E-state index contributed by atoms with van der Waals surface area (Å²) in [4.78, 5) is 28.7. The maximum atomic E-state index is 15.3. The monoisotopic (exact) mass is 446 g/mol. The highest BCUT2D eigenvalue weighted by molar-refractivity contribution is 7.99. The Balaban J connectivity index is 1.22. The molecule has 0 aromatic heterocycles. The molecule has 6 rings (SSSR count). The third-order valence-corrected chi connectivity index (χ3v) is 8.90. The van der Waals surface area contributed by atoms with E-state index in [-0.39, 0.29) is 23.6 Å². The summed E-state index contributed by atoms with van der Waals surface area (Å²) in [6.07, 6.45) is 5.32. The topological polar surface area (TPSA) is 59.1 Å². The minimum atomic E-state index is -0.475. The molecule has 6 nitrogen and oxygen atoms in total. The van der Waals surface area contributed by atoms with E-state index in [2.05, 4.69) is 4.90 Å². The van der Waals surface area contributed by atoms with Crippen LogP contribution in [0.25, 0.3) is 0 Å². The molecule has 1 aliphatic carbocycles. The minimum Gasteiger partial charge on any atom is -0.489 e. The lowest BCUT2D eigenvalue weighted by atomic mass is 9.80. The number of carbonyl (C=O) groups is 2. The number of nitrogens with zero attached hydrogens (tertiary/aromatic N) is 2. The van der Waals surface area contributed by atoms with Crippen LogP contribution in [0.15, 0.2) is 12.1 Å². The first kappa shape index (κ1) is 19.7. The van der Waals surface area contributed by atoms with Crippen LogP contribution in [-0.2, 0) is 9.53 Å². The van der Waals surface area contributed by atoms with Gasteiger partial charge in [-0.3, -0.25) is 9.69 Å². The van der Waals surface area contributed by atoms with Crippen LogP contribution in [0.1, 0.15) is 44.9 Å². The minimum absolute atomic E-state index is 0.188. The van der Waals surface area contributed by atoms with Crippen molar-refractivity contribution in [2.45, 2.75) is 69.2 Å². The van der Waals surface area contributed by atoms with Crippen molar-refractivity contribution in [3.8, 4) is 5.75 Å². The molecule has 1 amide bonds. The van der Waals surface area contributed by atoms with Gasteiger partial charge in [-0.25, -0.2) is 9.18 Å². The number of cyclic esters (lactones) is 1. The van der Waals surface area contributed by atoms with Crippen LogP contribution in [-0.4, -0.2) is 54.2 Å². The number of Topliss-reactive ketones (excluding diaryl/α,β-unsaturated/α-hetero) is 1. The van der Waals surface area contributed by atoms with E-state index in [1.165, 1.54) is 11.0 Å². The highest BCUT2D eigenvalue weighted by Gasteiger charge is 2.47. The number of carbonyl (C=O) groups excluding carboxylic acids is 2. The fourth-order valence-electron chi connectivity index (χ4n) is 5.73. The van der Waals surface area contributed by atoms with E-state index in [1.54, 1.807) is 6.07 Å². The molecule has 4 heterocycles. The Morgan fingerprint density at radius 2 is 1.90 bits per heavy atom. The van der Waals surface area contributed by atoms with Gasteiger partial charge in [-0.2, -0.15) is 11.8 Å². The molecule has 3 saturated heterocycles. The molecule has 4 atom stereocenters. The van der Waals surface area contributed by atoms with Crippen molar-refractivity contribution in [3.05, 3.63) is 17.9 Å². The molecule has 2 unspecified atom stereocenters. The molecule has 4 aliphatic heterocycles. The molecule has 31 heavy (non-hydrogen) atoms. The van der Waals surface area contributed by atoms with Gasteiger partial charge < -0.3 is 14.4 Å². The number of hydrogen-bond acceptors (Lipinski definition) is 6. The van der Waals surface area contributed by atoms with E-state index in [9.17, 15) is 9.59 Å². The van der Waals surface area contributed by atoms with Gasteiger partial charge in [0.2, 0.25) is 0 Å². The zero-order valence-corrected chi connectivity index (χ0v) is 18.2. The second-order valence-corrected chi connectivity index (χ2v) is 10.5. The van der Waals surface area contributed by atoms with Crippen molar-refractivity contribution < 1.29 is 23.5 Å². The molecule has 5 aliphatic rings. The number of amides is 1. The lowest BCUT2D eigenvalue weighted by Crippen LogP contribution is -2.45. The molecule has 8 heteroatoms. The zero-order valence-electron chi connectivity index (χ0n) is 17.4. The molecule has 1 aromatic carbocycles. The molecule has 1 saturated carbocycles. The average Bonchev–Trinajstić information content (AvgIpc) is 3.16. The molecular weight excluding hydrogens is 419 g/mol. The van der Waals surface area contributed by atoms with Gasteiger partial charge in [0, 0.05) is 48.1 Å². The van der Waals surface area contributed by atoms with Crippen LogP contribution in [0.4, 0.5) is 20.6 Å². The predicted octanol–water partition coefficient (Wildman–Crippen LogP) is 4.15. The fraction of sp³-hybridized carbons (Fsp3) is 0.652. The fourth-order valence-corrected chi connectivity index (χ4v) is 7.06. The standard InChI is InChI=1S/C23H27FN2O4S/c24-16-8-18-22(9-17(16)25-14-4-5-15(25)12-31-11-14)29-10-19-21(30-23(28)26(18)19)7-6-20(27)13-2-1-3-13/h8-9,13-15,19,21H,1-7,10-12H2/t14?,15?,19-,21-/m0/s1. The Morgan fingerprint density at radius 3 is 2.61 bits per heavy atom. The number of rotatable bonds is 5. The first-order valence-electron chi connectivity index (χ1n) is 11.4. The van der Waals surface area contributed by atoms with Crippen LogP contribution in [0.3, 0.4) is 0 Å². The van der Waals surface area contributed by atoms with Gasteiger partial charge in [-0.1, -0.05) is 6.42 Å².